The van der Waals surface area contributed by atoms with E-state index in [0.717, 1.165) is 0 Å². The van der Waals surface area contributed by atoms with Gasteiger partial charge in [-0.1, -0.05) is 6.92 Å². The van der Waals surface area contributed by atoms with Crippen LogP contribution in [0.1, 0.15) is 36.7 Å². The van der Waals surface area contributed by atoms with Gasteiger partial charge in [0.1, 0.15) is 5.69 Å². The van der Waals surface area contributed by atoms with Gasteiger partial charge in [-0.05, 0) is 19.3 Å². The van der Waals surface area contributed by atoms with Crippen molar-refractivity contribution in [3.63, 3.8) is 0 Å². The van der Waals surface area contributed by atoms with Gasteiger partial charge in [0.2, 0.25) is 0 Å². The minimum absolute atomic E-state index is 0.230. The molecule has 0 saturated carbocycles. The molecule has 104 valence electrons. The smallest absolute Gasteiger partial charge is 0.311 e. The number of carbonyl (C=O) groups excluding carboxylic acids is 1. The molecular weight excluding hydrogens is 266 g/mol. The maximum Gasteiger partial charge on any atom is 0.311 e. The van der Waals surface area contributed by atoms with Crippen LogP contribution in [0.25, 0.3) is 0 Å². The number of nitrogens with two attached hydrogens (primary N) is 1. The highest BCUT2D eigenvalue weighted by atomic mass is 32.1. The van der Waals surface area contributed by atoms with Crippen molar-refractivity contribution >= 4 is 28.3 Å². The number of aromatic nitrogens is 1. The van der Waals surface area contributed by atoms with Crippen molar-refractivity contribution < 1.29 is 14.7 Å². The van der Waals surface area contributed by atoms with Crippen molar-refractivity contribution in [3.8, 4) is 0 Å². The monoisotopic (exact) mass is 283 g/mol. The normalized spacial score (nSPS) is 23.3. The summed E-state index contributed by atoms with van der Waals surface area (Å²) in [5, 5.41) is 11.4. The third-order valence-corrected chi connectivity index (χ3v) is 4.41. The van der Waals surface area contributed by atoms with Crippen LogP contribution in [0.2, 0.25) is 0 Å². The van der Waals surface area contributed by atoms with E-state index in [1.54, 1.807) is 10.3 Å². The second-order valence-corrected chi connectivity index (χ2v) is 5.73. The van der Waals surface area contributed by atoms with Crippen LogP contribution in [-0.4, -0.2) is 40.0 Å². The highest BCUT2D eigenvalue weighted by molar-refractivity contribution is 7.13. The van der Waals surface area contributed by atoms with Gasteiger partial charge in [-0.3, -0.25) is 9.59 Å². The molecule has 7 heteroatoms. The van der Waals surface area contributed by atoms with Crippen molar-refractivity contribution in [2.24, 2.45) is 5.41 Å². The van der Waals surface area contributed by atoms with Gasteiger partial charge in [0.05, 0.1) is 5.41 Å². The second-order valence-electron chi connectivity index (χ2n) is 4.84. The Morgan fingerprint density at radius 3 is 2.89 bits per heavy atom. The van der Waals surface area contributed by atoms with Crippen molar-refractivity contribution in [2.45, 2.75) is 26.2 Å². The number of aliphatic carboxylic acids is 1. The van der Waals surface area contributed by atoms with Crippen LogP contribution in [0.5, 0.6) is 0 Å². The fourth-order valence-electron chi connectivity index (χ4n) is 2.47. The highest BCUT2D eigenvalue weighted by Gasteiger charge is 2.42. The van der Waals surface area contributed by atoms with Gasteiger partial charge in [0.15, 0.2) is 5.13 Å². The Morgan fingerprint density at radius 1 is 1.63 bits per heavy atom. The van der Waals surface area contributed by atoms with E-state index in [2.05, 4.69) is 4.98 Å². The Labute approximate surface area is 115 Å². The molecular formula is C12H17N3O3S. The predicted molar refractivity (Wildman–Crippen MR) is 72.0 cm³/mol. The number of carboxylic acids is 1. The molecule has 1 aromatic heterocycles. The number of hydrogen-bond acceptors (Lipinski definition) is 5. The first-order chi connectivity index (χ1) is 8.98. The minimum atomic E-state index is -0.828. The molecule has 0 aliphatic carbocycles. The Hall–Kier alpha value is -1.63. The summed E-state index contributed by atoms with van der Waals surface area (Å²) in [6.45, 7) is 2.67. The molecule has 2 rings (SSSR count). The predicted octanol–water partition coefficient (Wildman–Crippen LogP) is 1.44. The van der Waals surface area contributed by atoms with Crippen LogP contribution in [0, 0.1) is 5.41 Å². The Kier molecular flexibility index (Phi) is 3.75. The molecule has 0 radical (unpaired) electrons. The highest BCUT2D eigenvalue weighted by Crippen LogP contribution is 2.34. The van der Waals surface area contributed by atoms with E-state index in [-0.39, 0.29) is 12.5 Å². The van der Waals surface area contributed by atoms with E-state index in [1.807, 2.05) is 6.92 Å². The van der Waals surface area contributed by atoms with Crippen molar-refractivity contribution in [1.29, 1.82) is 0 Å². The number of hydrogen-bond donors (Lipinski definition) is 2. The molecule has 1 aromatic rings. The zero-order chi connectivity index (χ0) is 14.0. The Morgan fingerprint density at radius 2 is 2.37 bits per heavy atom. The van der Waals surface area contributed by atoms with Crippen molar-refractivity contribution in [1.82, 2.24) is 9.88 Å². The summed E-state index contributed by atoms with van der Waals surface area (Å²) in [7, 11) is 0. The maximum atomic E-state index is 12.3. The molecule has 1 aliphatic heterocycles. The summed E-state index contributed by atoms with van der Waals surface area (Å²) in [5.74, 6) is -1.06. The number of carbonyl (C=O) groups is 2. The fraction of sp³-hybridized carbons (Fsp3) is 0.583. The van der Waals surface area contributed by atoms with Gasteiger partial charge >= 0.3 is 5.97 Å². The molecule has 3 N–H and O–H groups in total. The number of nitrogens with zero attached hydrogens (tertiary/aromatic N) is 2. The standard InChI is InChI=1S/C12H17N3O3S/c1-2-12(10(17)18)4-3-5-15(7-12)9(16)8-6-19-11(13)14-8/h6H,2-5,7H2,1H3,(H2,13,14)(H,17,18). The molecule has 0 spiro atoms. The zero-order valence-electron chi connectivity index (χ0n) is 10.8. The molecule has 1 amide bonds. The number of carboxylic acid groups (broad SMARTS) is 1. The first kappa shape index (κ1) is 13.8. The average molecular weight is 283 g/mol. The molecule has 19 heavy (non-hydrogen) atoms. The number of rotatable bonds is 3. The number of thiazole rings is 1. The Balaban J connectivity index is 2.17. The Bertz CT molecular complexity index is 502. The SMILES string of the molecule is CCC1(C(=O)O)CCCN(C(=O)c2csc(N)n2)C1. The summed E-state index contributed by atoms with van der Waals surface area (Å²) in [6, 6.07) is 0. The van der Waals surface area contributed by atoms with Gasteiger partial charge in [-0.15, -0.1) is 11.3 Å². The molecule has 6 nitrogen and oxygen atoms in total. The first-order valence-corrected chi connectivity index (χ1v) is 7.10. The molecule has 1 fully saturated rings. The zero-order valence-corrected chi connectivity index (χ0v) is 11.6. The van der Waals surface area contributed by atoms with E-state index >= 15 is 0 Å². The number of piperidine rings is 1. The summed E-state index contributed by atoms with van der Waals surface area (Å²) < 4.78 is 0. The summed E-state index contributed by atoms with van der Waals surface area (Å²) in [6.07, 6.45) is 1.83. The van der Waals surface area contributed by atoms with Crippen LogP contribution < -0.4 is 5.73 Å². The quantitative estimate of drug-likeness (QED) is 0.875. The van der Waals surface area contributed by atoms with Gasteiger partial charge in [0, 0.05) is 18.5 Å². The summed E-state index contributed by atoms with van der Waals surface area (Å²) in [5.41, 5.74) is 5.00. The lowest BCUT2D eigenvalue weighted by Gasteiger charge is -2.39. The molecule has 1 aliphatic rings. The van der Waals surface area contributed by atoms with E-state index in [4.69, 9.17) is 5.73 Å². The third-order valence-electron chi connectivity index (χ3n) is 3.74. The molecule has 0 aromatic carbocycles. The number of nitrogen functional groups attached to an aromatic ring is 1. The van der Waals surface area contributed by atoms with E-state index in [1.165, 1.54) is 11.3 Å². The third kappa shape index (κ3) is 2.56. The topological polar surface area (TPSA) is 96.5 Å². The first-order valence-electron chi connectivity index (χ1n) is 6.22. The largest absolute Gasteiger partial charge is 0.481 e. The molecule has 0 bridgehead atoms. The van der Waals surface area contributed by atoms with Gasteiger partial charge in [-0.25, -0.2) is 4.98 Å². The second kappa shape index (κ2) is 5.16. The molecule has 1 saturated heterocycles. The van der Waals surface area contributed by atoms with Gasteiger partial charge in [0.25, 0.3) is 5.91 Å². The van der Waals surface area contributed by atoms with Crippen LogP contribution in [0.15, 0.2) is 5.38 Å². The maximum absolute atomic E-state index is 12.3. The van der Waals surface area contributed by atoms with Crippen molar-refractivity contribution in [2.75, 3.05) is 18.8 Å². The van der Waals surface area contributed by atoms with Crippen LogP contribution in [0.3, 0.4) is 0 Å². The lowest BCUT2D eigenvalue weighted by molar-refractivity contribution is -0.152. The lowest BCUT2D eigenvalue weighted by Crippen LogP contribution is -2.49. The van der Waals surface area contributed by atoms with E-state index < -0.39 is 11.4 Å². The number of amides is 1. The number of likely N-dealkylation sites (tertiary alicyclic amines) is 1. The van der Waals surface area contributed by atoms with Crippen LogP contribution >= 0.6 is 11.3 Å². The molecule has 2 heterocycles. The van der Waals surface area contributed by atoms with Gasteiger partial charge < -0.3 is 15.7 Å². The molecule has 1 atom stereocenters. The summed E-state index contributed by atoms with van der Waals surface area (Å²) in [4.78, 5) is 29.2. The minimum Gasteiger partial charge on any atom is -0.481 e. The van der Waals surface area contributed by atoms with Crippen LogP contribution in [-0.2, 0) is 4.79 Å². The molecule has 1 unspecified atom stereocenters. The fourth-order valence-corrected chi connectivity index (χ4v) is 3.00. The van der Waals surface area contributed by atoms with Gasteiger partial charge in [-0.2, -0.15) is 0 Å². The van der Waals surface area contributed by atoms with Crippen LogP contribution in [0.4, 0.5) is 5.13 Å². The summed E-state index contributed by atoms with van der Waals surface area (Å²) >= 11 is 1.21. The van der Waals surface area contributed by atoms with E-state index in [9.17, 15) is 14.7 Å². The van der Waals surface area contributed by atoms with Crippen molar-refractivity contribution in [3.05, 3.63) is 11.1 Å². The average Bonchev–Trinajstić information content (AvgIpc) is 2.84. The van der Waals surface area contributed by atoms with E-state index in [0.29, 0.717) is 36.6 Å². The lowest BCUT2D eigenvalue weighted by atomic mass is 9.77. The number of anilines is 1.